The summed E-state index contributed by atoms with van der Waals surface area (Å²) in [6.45, 7) is 1.86. The zero-order valence-electron chi connectivity index (χ0n) is 19.5. The molecule has 4 aromatic carbocycles. The lowest BCUT2D eigenvalue weighted by atomic mass is 10.2. The van der Waals surface area contributed by atoms with Crippen LogP contribution in [0.25, 0.3) is 0 Å². The highest BCUT2D eigenvalue weighted by Crippen LogP contribution is 2.26. The number of carbonyl (C=O) groups is 1. The highest BCUT2D eigenvalue weighted by Gasteiger charge is 2.21. The van der Waals surface area contributed by atoms with Crippen LogP contribution in [0.1, 0.15) is 15.9 Å². The normalized spacial score (nSPS) is 11.5. The molecule has 8 nitrogen and oxygen atoms in total. The Kier molecular flexibility index (Phi) is 7.53. The van der Waals surface area contributed by atoms with Crippen molar-refractivity contribution in [3.05, 3.63) is 113 Å². The van der Waals surface area contributed by atoms with Crippen LogP contribution in [0.4, 0.5) is 17.1 Å². The van der Waals surface area contributed by atoms with E-state index in [1.165, 1.54) is 42.5 Å². The molecule has 0 bridgehead atoms. The van der Waals surface area contributed by atoms with E-state index in [2.05, 4.69) is 14.8 Å². The number of carbonyl (C=O) groups excluding carboxylic acids is 1. The molecule has 37 heavy (non-hydrogen) atoms. The molecule has 1 amide bonds. The first-order valence-electron chi connectivity index (χ1n) is 10.9. The van der Waals surface area contributed by atoms with Crippen molar-refractivity contribution in [1.82, 2.24) is 0 Å². The SMILES string of the molecule is Cc1cccc(NS(=O)(=O)c2ccc(NC(=O)c3ccc(Cl)c(S(=O)(=O)Nc4ccccc4)c3)cc2)c1. The lowest BCUT2D eigenvalue weighted by Crippen LogP contribution is -2.16. The van der Waals surface area contributed by atoms with Gasteiger partial charge in [0, 0.05) is 22.6 Å². The van der Waals surface area contributed by atoms with Crippen LogP contribution in [-0.2, 0) is 20.0 Å². The molecule has 0 aliphatic carbocycles. The van der Waals surface area contributed by atoms with Crippen molar-refractivity contribution in [2.24, 2.45) is 0 Å². The molecular weight excluding hydrogens is 534 g/mol. The number of hydrogen-bond donors (Lipinski definition) is 3. The summed E-state index contributed by atoms with van der Waals surface area (Å²) in [6.07, 6.45) is 0. The van der Waals surface area contributed by atoms with Crippen molar-refractivity contribution in [3.63, 3.8) is 0 Å². The molecule has 0 radical (unpaired) electrons. The quantitative estimate of drug-likeness (QED) is 0.265. The van der Waals surface area contributed by atoms with Gasteiger partial charge in [0.25, 0.3) is 26.0 Å². The summed E-state index contributed by atoms with van der Waals surface area (Å²) < 4.78 is 56.0. The number of halogens is 1. The summed E-state index contributed by atoms with van der Waals surface area (Å²) in [4.78, 5) is 12.6. The van der Waals surface area contributed by atoms with E-state index in [1.807, 2.05) is 13.0 Å². The van der Waals surface area contributed by atoms with Crippen molar-refractivity contribution in [2.45, 2.75) is 16.7 Å². The van der Waals surface area contributed by atoms with Gasteiger partial charge >= 0.3 is 0 Å². The molecule has 190 valence electrons. The van der Waals surface area contributed by atoms with Gasteiger partial charge in [0.05, 0.1) is 9.92 Å². The third-order valence-corrected chi connectivity index (χ3v) is 8.46. The summed E-state index contributed by atoms with van der Waals surface area (Å²) in [7, 11) is -7.89. The first-order valence-corrected chi connectivity index (χ1v) is 14.3. The number of hydrogen-bond acceptors (Lipinski definition) is 5. The van der Waals surface area contributed by atoms with Crippen molar-refractivity contribution in [1.29, 1.82) is 0 Å². The van der Waals surface area contributed by atoms with E-state index in [1.54, 1.807) is 48.5 Å². The largest absolute Gasteiger partial charge is 0.322 e. The van der Waals surface area contributed by atoms with Crippen molar-refractivity contribution < 1.29 is 21.6 Å². The maximum Gasteiger partial charge on any atom is 0.263 e. The Bertz CT molecular complexity index is 1660. The average molecular weight is 556 g/mol. The van der Waals surface area contributed by atoms with Gasteiger partial charge in [-0.1, -0.05) is 41.9 Å². The number of rotatable bonds is 8. The Morgan fingerprint density at radius 1 is 0.676 bits per heavy atom. The number of nitrogens with one attached hydrogen (secondary N) is 3. The van der Waals surface area contributed by atoms with Crippen LogP contribution in [0.2, 0.25) is 5.02 Å². The van der Waals surface area contributed by atoms with Gasteiger partial charge in [0.1, 0.15) is 4.90 Å². The molecule has 0 spiro atoms. The third kappa shape index (κ3) is 6.48. The number of aryl methyl sites for hydroxylation is 1. The lowest BCUT2D eigenvalue weighted by molar-refractivity contribution is 0.102. The molecule has 0 heterocycles. The Balaban J connectivity index is 1.49. The van der Waals surface area contributed by atoms with E-state index < -0.39 is 26.0 Å². The number of amides is 1. The molecule has 0 aromatic heterocycles. The van der Waals surface area contributed by atoms with E-state index in [0.29, 0.717) is 17.1 Å². The zero-order chi connectivity index (χ0) is 26.6. The first-order chi connectivity index (χ1) is 17.5. The second-order valence-corrected chi connectivity index (χ2v) is 11.8. The molecule has 0 aliphatic heterocycles. The molecule has 4 rings (SSSR count). The molecule has 0 saturated carbocycles. The molecule has 0 fully saturated rings. The standard InChI is InChI=1S/C26H22ClN3O5S2/c1-18-6-5-9-22(16-18)30-36(32,33)23-13-11-20(12-14-23)28-26(31)19-10-15-24(27)25(17-19)37(34,35)29-21-7-3-2-4-8-21/h2-17,29-30H,1H3,(H,28,31). The second-order valence-electron chi connectivity index (χ2n) is 8.07. The maximum absolute atomic E-state index is 12.8. The van der Waals surface area contributed by atoms with E-state index in [4.69, 9.17) is 11.6 Å². The van der Waals surface area contributed by atoms with Gasteiger partial charge in [-0.2, -0.15) is 0 Å². The second kappa shape index (κ2) is 10.6. The molecule has 0 atom stereocenters. The number of benzene rings is 4. The van der Waals surface area contributed by atoms with E-state index >= 15 is 0 Å². The predicted octanol–water partition coefficient (Wildman–Crippen LogP) is 5.50. The Hall–Kier alpha value is -3.86. The van der Waals surface area contributed by atoms with Gasteiger partial charge in [-0.25, -0.2) is 16.8 Å². The number of para-hydroxylation sites is 1. The van der Waals surface area contributed by atoms with Gasteiger partial charge in [-0.3, -0.25) is 14.2 Å². The minimum absolute atomic E-state index is 0.0128. The molecule has 4 aromatic rings. The Labute approximate surface area is 220 Å². The fraction of sp³-hybridized carbons (Fsp3) is 0.0385. The maximum atomic E-state index is 12.8. The molecule has 0 saturated heterocycles. The summed E-state index contributed by atoms with van der Waals surface area (Å²) in [6, 6.07) is 24.7. The van der Waals surface area contributed by atoms with Gasteiger partial charge < -0.3 is 5.32 Å². The highest BCUT2D eigenvalue weighted by atomic mass is 35.5. The fourth-order valence-electron chi connectivity index (χ4n) is 3.41. The van der Waals surface area contributed by atoms with Crippen molar-refractivity contribution in [3.8, 4) is 0 Å². The minimum atomic E-state index is -4.06. The number of sulfonamides is 2. The van der Waals surface area contributed by atoms with Crippen molar-refractivity contribution >= 4 is 54.6 Å². The van der Waals surface area contributed by atoms with Gasteiger partial charge in [-0.15, -0.1) is 0 Å². The fourth-order valence-corrected chi connectivity index (χ4v) is 6.05. The Morgan fingerprint density at radius 2 is 1.32 bits per heavy atom. The molecule has 0 unspecified atom stereocenters. The van der Waals surface area contributed by atoms with Crippen molar-refractivity contribution in [2.75, 3.05) is 14.8 Å². The third-order valence-electron chi connectivity index (χ3n) is 5.20. The van der Waals surface area contributed by atoms with Crippen LogP contribution >= 0.6 is 11.6 Å². The molecular formula is C26H22ClN3O5S2. The van der Waals surface area contributed by atoms with Crippen LogP contribution in [0.5, 0.6) is 0 Å². The van der Waals surface area contributed by atoms with E-state index in [9.17, 15) is 21.6 Å². The van der Waals surface area contributed by atoms with Gasteiger partial charge in [-0.05, 0) is 79.2 Å². The smallest absolute Gasteiger partial charge is 0.263 e. The van der Waals surface area contributed by atoms with E-state index in [-0.39, 0.29) is 20.4 Å². The summed E-state index contributed by atoms with van der Waals surface area (Å²) in [5.41, 5.74) is 2.07. The molecule has 3 N–H and O–H groups in total. The summed E-state index contributed by atoms with van der Waals surface area (Å²) >= 11 is 6.12. The Morgan fingerprint density at radius 3 is 2.00 bits per heavy atom. The first kappa shape index (κ1) is 26.2. The van der Waals surface area contributed by atoms with Crippen LogP contribution in [-0.4, -0.2) is 22.7 Å². The zero-order valence-corrected chi connectivity index (χ0v) is 21.9. The summed E-state index contributed by atoms with van der Waals surface area (Å²) in [5, 5.41) is 2.58. The highest BCUT2D eigenvalue weighted by molar-refractivity contribution is 7.93. The topological polar surface area (TPSA) is 121 Å². The van der Waals surface area contributed by atoms with Crippen LogP contribution in [0.3, 0.4) is 0 Å². The number of anilines is 3. The summed E-state index contributed by atoms with van der Waals surface area (Å²) in [5.74, 6) is -0.596. The molecule has 11 heteroatoms. The van der Waals surface area contributed by atoms with Crippen LogP contribution in [0.15, 0.2) is 107 Å². The van der Waals surface area contributed by atoms with Gasteiger partial charge in [0.15, 0.2) is 0 Å². The van der Waals surface area contributed by atoms with Crippen LogP contribution < -0.4 is 14.8 Å². The van der Waals surface area contributed by atoms with E-state index in [0.717, 1.165) is 5.56 Å². The molecule has 0 aliphatic rings. The monoisotopic (exact) mass is 555 g/mol. The minimum Gasteiger partial charge on any atom is -0.322 e. The van der Waals surface area contributed by atoms with Gasteiger partial charge in [0.2, 0.25) is 0 Å². The lowest BCUT2D eigenvalue weighted by Gasteiger charge is -2.12. The average Bonchev–Trinajstić information content (AvgIpc) is 2.84. The van der Waals surface area contributed by atoms with Crippen LogP contribution in [0, 0.1) is 6.92 Å². The predicted molar refractivity (Wildman–Crippen MR) is 145 cm³/mol.